The first-order valence-corrected chi connectivity index (χ1v) is 9.82. The predicted molar refractivity (Wildman–Crippen MR) is 101 cm³/mol. The van der Waals surface area contributed by atoms with Crippen LogP contribution in [0.2, 0.25) is 10.0 Å². The van der Waals surface area contributed by atoms with Crippen LogP contribution in [0.1, 0.15) is 5.56 Å². The van der Waals surface area contributed by atoms with Gasteiger partial charge >= 0.3 is 6.18 Å². The lowest BCUT2D eigenvalue weighted by molar-refractivity contribution is -0.137. The van der Waals surface area contributed by atoms with E-state index in [1.54, 1.807) is 0 Å². The van der Waals surface area contributed by atoms with E-state index < -0.39 is 48.5 Å². The lowest BCUT2D eigenvalue weighted by Crippen LogP contribution is -2.13. The summed E-state index contributed by atoms with van der Waals surface area (Å²) in [4.78, 5) is -1.01. The molecule has 0 atom stereocenters. The highest BCUT2D eigenvalue weighted by Crippen LogP contribution is 2.40. The van der Waals surface area contributed by atoms with Crippen molar-refractivity contribution in [3.63, 3.8) is 0 Å². The van der Waals surface area contributed by atoms with Crippen LogP contribution < -0.4 is 5.32 Å². The monoisotopic (exact) mass is 470 g/mol. The average molecular weight is 471 g/mol. The van der Waals surface area contributed by atoms with Crippen molar-refractivity contribution < 1.29 is 21.6 Å². The van der Waals surface area contributed by atoms with E-state index in [9.17, 15) is 21.6 Å². The predicted octanol–water partition coefficient (Wildman–Crippen LogP) is 5.08. The number of sulfone groups is 1. The number of rotatable bonds is 4. The Hall–Kier alpha value is -3.23. The minimum absolute atomic E-state index is 0.222. The topological polar surface area (TPSA) is 118 Å². The van der Waals surface area contributed by atoms with Gasteiger partial charge in [0.15, 0.2) is 5.57 Å². The molecule has 2 rings (SSSR count). The summed E-state index contributed by atoms with van der Waals surface area (Å²) in [6.45, 7) is 0. The quantitative estimate of drug-likeness (QED) is 0.622. The van der Waals surface area contributed by atoms with Crippen molar-refractivity contribution in [2.24, 2.45) is 0 Å². The van der Waals surface area contributed by atoms with E-state index in [4.69, 9.17) is 39.0 Å². The van der Waals surface area contributed by atoms with Crippen LogP contribution in [0.3, 0.4) is 0 Å². The molecule has 0 saturated heterocycles. The summed E-state index contributed by atoms with van der Waals surface area (Å²) in [5, 5.41) is 28.4. The van der Waals surface area contributed by atoms with Crippen molar-refractivity contribution in [3.05, 3.63) is 63.3 Å². The summed E-state index contributed by atoms with van der Waals surface area (Å²) in [5.74, 6) is 0. The van der Waals surface area contributed by atoms with Gasteiger partial charge in [-0.15, -0.1) is 0 Å². The molecule has 12 heteroatoms. The normalized spacial score (nSPS) is 11.0. The Kier molecular flexibility index (Phi) is 6.64. The third-order valence-corrected chi connectivity index (χ3v) is 6.01. The molecule has 152 valence electrons. The second kappa shape index (κ2) is 8.64. The number of alkyl halides is 3. The first-order chi connectivity index (χ1) is 13.9. The SMILES string of the molecule is N#CC(C#N)=C(C#N)Nc1cc(C(F)(F)F)c(Cl)cc1S(=O)(=O)c1ccc(Cl)cc1. The number of hydrogen-bond acceptors (Lipinski definition) is 6. The minimum atomic E-state index is -4.94. The van der Waals surface area contributed by atoms with Crippen molar-refractivity contribution in [2.45, 2.75) is 16.0 Å². The van der Waals surface area contributed by atoms with Crippen LogP contribution in [-0.4, -0.2) is 8.42 Å². The number of nitrogens with zero attached hydrogens (tertiary/aromatic N) is 3. The zero-order valence-corrected chi connectivity index (χ0v) is 16.7. The number of nitrogens with one attached hydrogen (secondary N) is 1. The second-order valence-electron chi connectivity index (χ2n) is 5.49. The Morgan fingerprint density at radius 1 is 0.967 bits per heavy atom. The Morgan fingerprint density at radius 3 is 2.00 bits per heavy atom. The van der Waals surface area contributed by atoms with Crippen molar-refractivity contribution in [1.29, 1.82) is 15.8 Å². The summed E-state index contributed by atoms with van der Waals surface area (Å²) in [6, 6.07) is 9.98. The fourth-order valence-electron chi connectivity index (χ4n) is 2.25. The Morgan fingerprint density at radius 2 is 1.53 bits per heavy atom. The number of allylic oxidation sites excluding steroid dienone is 2. The van der Waals surface area contributed by atoms with Gasteiger partial charge in [-0.2, -0.15) is 29.0 Å². The molecule has 0 aromatic heterocycles. The summed E-state index contributed by atoms with van der Waals surface area (Å²) in [5.41, 5.74) is -3.56. The Labute approximate surface area is 178 Å². The van der Waals surface area contributed by atoms with E-state index in [-0.39, 0.29) is 9.92 Å². The molecule has 0 unspecified atom stereocenters. The van der Waals surface area contributed by atoms with Crippen LogP contribution in [0.4, 0.5) is 18.9 Å². The third-order valence-electron chi connectivity index (χ3n) is 3.63. The molecular weight excluding hydrogens is 464 g/mol. The van der Waals surface area contributed by atoms with E-state index in [1.807, 2.05) is 0 Å². The molecule has 0 bridgehead atoms. The van der Waals surface area contributed by atoms with Crippen LogP contribution in [0, 0.1) is 34.0 Å². The van der Waals surface area contributed by atoms with Gasteiger partial charge in [-0.25, -0.2) is 8.42 Å². The van der Waals surface area contributed by atoms with Crippen LogP contribution in [0.5, 0.6) is 0 Å². The largest absolute Gasteiger partial charge is 0.417 e. The summed E-state index contributed by atoms with van der Waals surface area (Å²) >= 11 is 11.4. The first kappa shape index (κ1) is 23.1. The smallest absolute Gasteiger partial charge is 0.344 e. The molecule has 30 heavy (non-hydrogen) atoms. The van der Waals surface area contributed by atoms with Crippen molar-refractivity contribution in [3.8, 4) is 18.2 Å². The van der Waals surface area contributed by atoms with Crippen LogP contribution in [0.25, 0.3) is 0 Å². The van der Waals surface area contributed by atoms with Crippen molar-refractivity contribution in [1.82, 2.24) is 0 Å². The summed E-state index contributed by atoms with van der Waals surface area (Å²) in [6.07, 6.45) is -4.94. The van der Waals surface area contributed by atoms with Crippen LogP contribution in [-0.2, 0) is 16.0 Å². The van der Waals surface area contributed by atoms with E-state index in [1.165, 1.54) is 30.3 Å². The van der Waals surface area contributed by atoms with Crippen molar-refractivity contribution >= 4 is 38.7 Å². The fraction of sp³-hybridized carbons (Fsp3) is 0.0556. The highest BCUT2D eigenvalue weighted by molar-refractivity contribution is 7.91. The van der Waals surface area contributed by atoms with Gasteiger partial charge in [-0.05, 0) is 36.4 Å². The highest BCUT2D eigenvalue weighted by atomic mass is 35.5. The molecule has 1 N–H and O–H groups in total. The van der Waals surface area contributed by atoms with Gasteiger partial charge in [0.25, 0.3) is 0 Å². The fourth-order valence-corrected chi connectivity index (χ4v) is 4.13. The second-order valence-corrected chi connectivity index (χ2v) is 8.26. The lowest BCUT2D eigenvalue weighted by atomic mass is 10.1. The molecule has 0 aliphatic carbocycles. The maximum Gasteiger partial charge on any atom is 0.417 e. The standard InChI is InChI=1S/C18H7Cl2F3N4O2S/c19-11-1-3-12(4-2-11)30(28,29)17-6-14(20)13(18(21,22)23)5-15(17)27-16(9-26)10(7-24)8-25/h1-6,27H. The molecule has 0 saturated carbocycles. The van der Waals surface area contributed by atoms with Gasteiger partial charge in [0.05, 0.1) is 26.1 Å². The molecule has 0 fully saturated rings. The zero-order chi connectivity index (χ0) is 22.7. The average Bonchev–Trinajstić information content (AvgIpc) is 2.68. The Balaban J connectivity index is 2.84. The first-order valence-electron chi connectivity index (χ1n) is 7.58. The van der Waals surface area contributed by atoms with Crippen LogP contribution >= 0.6 is 23.2 Å². The summed E-state index contributed by atoms with van der Waals surface area (Å²) < 4.78 is 65.8. The number of nitriles is 3. The van der Waals surface area contributed by atoms with Gasteiger partial charge < -0.3 is 5.32 Å². The molecule has 6 nitrogen and oxygen atoms in total. The van der Waals surface area contributed by atoms with E-state index in [0.29, 0.717) is 12.1 Å². The van der Waals surface area contributed by atoms with Crippen LogP contribution in [0.15, 0.2) is 57.5 Å². The molecule has 0 spiro atoms. The number of benzene rings is 2. The van der Waals surface area contributed by atoms with Gasteiger partial charge in [0.2, 0.25) is 9.84 Å². The van der Waals surface area contributed by atoms with E-state index >= 15 is 0 Å². The molecule has 2 aromatic carbocycles. The summed E-state index contributed by atoms with van der Waals surface area (Å²) in [7, 11) is -4.43. The van der Waals surface area contributed by atoms with E-state index in [0.717, 1.165) is 12.1 Å². The number of halogens is 5. The molecule has 0 aliphatic rings. The van der Waals surface area contributed by atoms with E-state index in [2.05, 4.69) is 5.32 Å². The zero-order valence-electron chi connectivity index (χ0n) is 14.4. The number of hydrogen-bond donors (Lipinski definition) is 1. The minimum Gasteiger partial charge on any atom is -0.344 e. The molecule has 0 aliphatic heterocycles. The molecular formula is C18H7Cl2F3N4O2S. The van der Waals surface area contributed by atoms with Gasteiger partial charge in [-0.1, -0.05) is 23.2 Å². The molecule has 0 radical (unpaired) electrons. The Bertz CT molecular complexity index is 1250. The van der Waals surface area contributed by atoms with Gasteiger partial charge in [0.1, 0.15) is 23.9 Å². The van der Waals surface area contributed by atoms with Crippen molar-refractivity contribution in [2.75, 3.05) is 5.32 Å². The van der Waals surface area contributed by atoms with Gasteiger partial charge in [0, 0.05) is 5.02 Å². The maximum absolute atomic E-state index is 13.3. The molecule has 0 amide bonds. The maximum atomic E-state index is 13.3. The van der Waals surface area contributed by atoms with Gasteiger partial charge in [-0.3, -0.25) is 0 Å². The molecule has 2 aromatic rings. The third kappa shape index (κ3) is 4.67. The lowest BCUT2D eigenvalue weighted by Gasteiger charge is -2.17. The molecule has 0 heterocycles. The highest BCUT2D eigenvalue weighted by Gasteiger charge is 2.36. The number of anilines is 1.